The Hall–Kier alpha value is -4.59. The van der Waals surface area contributed by atoms with Gasteiger partial charge in [0.15, 0.2) is 0 Å². The molecular formula is C39H32ClN. The maximum atomic E-state index is 6.30. The maximum absolute atomic E-state index is 6.30. The van der Waals surface area contributed by atoms with Gasteiger partial charge in [-0.1, -0.05) is 151 Å². The van der Waals surface area contributed by atoms with Crippen molar-refractivity contribution in [2.24, 2.45) is 0 Å². The van der Waals surface area contributed by atoms with E-state index >= 15 is 0 Å². The number of fused-ring (bicyclic) bond motifs is 1. The molecule has 0 atom stereocenters. The van der Waals surface area contributed by atoms with Crippen LogP contribution in [0.1, 0.15) is 27.9 Å². The van der Waals surface area contributed by atoms with E-state index in [0.717, 1.165) is 24.4 Å². The molecule has 0 N–H and O–H groups in total. The molecule has 0 amide bonds. The topological polar surface area (TPSA) is 4.93 Å². The van der Waals surface area contributed by atoms with Crippen LogP contribution in [0.3, 0.4) is 0 Å². The smallest absolute Gasteiger partial charge is 0.0488 e. The fraction of sp³-hybridized carbons (Fsp3) is 0.0769. The van der Waals surface area contributed by atoms with Gasteiger partial charge in [-0.2, -0.15) is 0 Å². The van der Waals surface area contributed by atoms with E-state index in [9.17, 15) is 0 Å². The third-order valence-electron chi connectivity index (χ3n) is 7.52. The first-order valence-electron chi connectivity index (χ1n) is 14.1. The van der Waals surface area contributed by atoms with E-state index < -0.39 is 0 Å². The van der Waals surface area contributed by atoms with Crippen LogP contribution in [0.15, 0.2) is 146 Å². The quantitative estimate of drug-likeness (QED) is 0.169. The molecular weight excluding hydrogens is 518 g/mol. The van der Waals surface area contributed by atoms with Crippen molar-refractivity contribution < 1.29 is 0 Å². The van der Waals surface area contributed by atoms with Crippen LogP contribution >= 0.6 is 11.6 Å². The average Bonchev–Trinajstić information content (AvgIpc) is 3.35. The summed E-state index contributed by atoms with van der Waals surface area (Å²) in [5.74, 6) is 0. The molecule has 0 aliphatic heterocycles. The highest BCUT2D eigenvalue weighted by Gasteiger charge is 2.16. The Morgan fingerprint density at radius 2 is 1.17 bits per heavy atom. The number of halogens is 1. The first kappa shape index (κ1) is 26.6. The van der Waals surface area contributed by atoms with E-state index in [4.69, 9.17) is 11.6 Å². The van der Waals surface area contributed by atoms with Crippen molar-refractivity contribution >= 4 is 34.5 Å². The van der Waals surface area contributed by atoms with Gasteiger partial charge in [-0.15, -0.1) is 0 Å². The Kier molecular flexibility index (Phi) is 8.26. The molecule has 0 fully saturated rings. The van der Waals surface area contributed by atoms with Crippen molar-refractivity contribution in [3.05, 3.63) is 179 Å². The number of nitrogens with zero attached hydrogens (tertiary/aromatic N) is 1. The summed E-state index contributed by atoms with van der Waals surface area (Å²) >= 11 is 6.30. The second-order valence-electron chi connectivity index (χ2n) is 10.3. The molecule has 200 valence electrons. The van der Waals surface area contributed by atoms with Crippen molar-refractivity contribution in [3.8, 4) is 11.3 Å². The Morgan fingerprint density at radius 3 is 1.88 bits per heavy atom. The highest BCUT2D eigenvalue weighted by molar-refractivity contribution is 6.30. The number of hydrogen-bond donors (Lipinski definition) is 0. The molecule has 1 heterocycles. The molecule has 6 rings (SSSR count). The molecule has 0 radical (unpaired) electrons. The van der Waals surface area contributed by atoms with Crippen LogP contribution < -0.4 is 0 Å². The minimum Gasteiger partial charge on any atom is -0.340 e. The molecule has 6 aromatic rings. The summed E-state index contributed by atoms with van der Waals surface area (Å²) in [6.07, 6.45) is 10.7. The van der Waals surface area contributed by atoms with Crippen LogP contribution in [0, 0.1) is 0 Å². The highest BCUT2D eigenvalue weighted by atomic mass is 35.5. The largest absolute Gasteiger partial charge is 0.340 e. The summed E-state index contributed by atoms with van der Waals surface area (Å²) in [6, 6.07) is 46.9. The van der Waals surface area contributed by atoms with Crippen molar-refractivity contribution in [2.75, 3.05) is 0 Å². The van der Waals surface area contributed by atoms with Crippen molar-refractivity contribution in [3.63, 3.8) is 0 Å². The minimum absolute atomic E-state index is 0.748. The van der Waals surface area contributed by atoms with E-state index in [1.54, 1.807) is 0 Å². The molecule has 0 unspecified atom stereocenters. The molecule has 0 aliphatic carbocycles. The summed E-state index contributed by atoms with van der Waals surface area (Å²) in [5, 5.41) is 3.31. The van der Waals surface area contributed by atoms with Gasteiger partial charge >= 0.3 is 0 Å². The Bertz CT molecular complexity index is 1790. The van der Waals surface area contributed by atoms with E-state index in [0.29, 0.717) is 0 Å². The Labute approximate surface area is 247 Å². The summed E-state index contributed by atoms with van der Waals surface area (Å²) in [5.41, 5.74) is 8.78. The predicted molar refractivity (Wildman–Crippen MR) is 176 cm³/mol. The maximum Gasteiger partial charge on any atom is 0.0488 e. The molecule has 41 heavy (non-hydrogen) atoms. The SMILES string of the molecule is Clc1ccc(-c2cc(C/C=C/c3ccccc3)c(C/C=C/c3ccccc3)n2Cc2cccc3ccccc23)cc1. The number of aromatic nitrogens is 1. The number of hydrogen-bond acceptors (Lipinski definition) is 0. The van der Waals surface area contributed by atoms with Crippen LogP contribution in [0.5, 0.6) is 0 Å². The monoisotopic (exact) mass is 549 g/mol. The molecule has 1 aromatic heterocycles. The lowest BCUT2D eigenvalue weighted by molar-refractivity contribution is 0.768. The number of allylic oxidation sites excluding steroid dienone is 2. The molecule has 1 nitrogen and oxygen atoms in total. The van der Waals surface area contributed by atoms with Gasteiger partial charge in [0, 0.05) is 29.4 Å². The molecule has 0 aliphatic rings. The van der Waals surface area contributed by atoms with E-state index in [-0.39, 0.29) is 0 Å². The Balaban J connectivity index is 1.45. The fourth-order valence-corrected chi connectivity index (χ4v) is 5.59. The second-order valence-corrected chi connectivity index (χ2v) is 10.7. The number of benzene rings is 5. The van der Waals surface area contributed by atoms with E-state index in [1.807, 2.05) is 12.1 Å². The molecule has 5 aromatic carbocycles. The van der Waals surface area contributed by atoms with Gasteiger partial charge < -0.3 is 4.57 Å². The lowest BCUT2D eigenvalue weighted by Gasteiger charge is -2.16. The van der Waals surface area contributed by atoms with Crippen LogP contribution in [0.4, 0.5) is 0 Å². The molecule has 0 saturated carbocycles. The molecule has 0 bridgehead atoms. The fourth-order valence-electron chi connectivity index (χ4n) is 5.46. The standard InChI is InChI=1S/C39H32ClN/c40-36-26-24-33(25-27-36)39-28-34(20-9-16-30-12-3-1-4-13-30)38(23-10-17-31-14-5-2-6-15-31)41(39)29-35-21-11-19-32-18-7-8-22-37(32)35/h1-19,21-22,24-28H,20,23,29H2/b16-9+,17-10+. The summed E-state index contributed by atoms with van der Waals surface area (Å²) in [6.45, 7) is 0.788. The van der Waals surface area contributed by atoms with Crippen LogP contribution in [0.2, 0.25) is 5.02 Å². The van der Waals surface area contributed by atoms with Crippen molar-refractivity contribution in [1.82, 2.24) is 4.57 Å². The average molecular weight is 550 g/mol. The zero-order valence-electron chi connectivity index (χ0n) is 23.0. The van der Waals surface area contributed by atoms with Gasteiger partial charge in [0.2, 0.25) is 0 Å². The second kappa shape index (κ2) is 12.7. The van der Waals surface area contributed by atoms with Gasteiger partial charge in [0.25, 0.3) is 0 Å². The third kappa shape index (κ3) is 6.43. The zero-order valence-corrected chi connectivity index (χ0v) is 23.7. The third-order valence-corrected chi connectivity index (χ3v) is 7.77. The molecule has 0 saturated heterocycles. The van der Waals surface area contributed by atoms with E-state index in [1.165, 1.54) is 50.0 Å². The normalized spacial score (nSPS) is 11.6. The van der Waals surface area contributed by atoms with E-state index in [2.05, 4.69) is 150 Å². The lowest BCUT2D eigenvalue weighted by atomic mass is 10.0. The number of rotatable bonds is 9. The highest BCUT2D eigenvalue weighted by Crippen LogP contribution is 2.31. The van der Waals surface area contributed by atoms with Crippen LogP contribution in [0.25, 0.3) is 34.2 Å². The molecule has 0 spiro atoms. The van der Waals surface area contributed by atoms with Gasteiger partial charge in [-0.3, -0.25) is 0 Å². The van der Waals surface area contributed by atoms with Gasteiger partial charge in [-0.25, -0.2) is 0 Å². The lowest BCUT2D eigenvalue weighted by Crippen LogP contribution is -2.07. The molecule has 2 heteroatoms. The predicted octanol–water partition coefficient (Wildman–Crippen LogP) is 10.5. The van der Waals surface area contributed by atoms with Gasteiger partial charge in [0.05, 0.1) is 0 Å². The van der Waals surface area contributed by atoms with Crippen LogP contribution in [-0.4, -0.2) is 4.57 Å². The first-order chi connectivity index (χ1) is 20.2. The van der Waals surface area contributed by atoms with Crippen LogP contribution in [-0.2, 0) is 19.4 Å². The van der Waals surface area contributed by atoms with Crippen molar-refractivity contribution in [2.45, 2.75) is 19.4 Å². The summed E-state index contributed by atoms with van der Waals surface area (Å²) in [4.78, 5) is 0. The summed E-state index contributed by atoms with van der Waals surface area (Å²) in [7, 11) is 0. The van der Waals surface area contributed by atoms with Crippen molar-refractivity contribution in [1.29, 1.82) is 0 Å². The first-order valence-corrected chi connectivity index (χ1v) is 14.5. The van der Waals surface area contributed by atoms with Gasteiger partial charge in [0.1, 0.15) is 0 Å². The van der Waals surface area contributed by atoms with Gasteiger partial charge in [-0.05, 0) is 63.2 Å². The minimum atomic E-state index is 0.748. The zero-order chi connectivity index (χ0) is 27.9. The summed E-state index contributed by atoms with van der Waals surface area (Å²) < 4.78 is 2.51. The Morgan fingerprint density at radius 1 is 0.561 bits per heavy atom.